The van der Waals surface area contributed by atoms with Crippen LogP contribution < -0.4 is 10.6 Å². The van der Waals surface area contributed by atoms with Crippen LogP contribution in [0.1, 0.15) is 11.8 Å². The minimum absolute atomic E-state index is 0.136. The van der Waals surface area contributed by atoms with Crippen LogP contribution in [0, 0.1) is 10.1 Å². The molecule has 0 saturated carbocycles. The van der Waals surface area contributed by atoms with Crippen molar-refractivity contribution >= 4 is 40.3 Å². The first kappa shape index (κ1) is 15.5. The molecule has 0 aliphatic rings. The summed E-state index contributed by atoms with van der Waals surface area (Å²) in [5.41, 5.74) is -0.136. The zero-order valence-corrected chi connectivity index (χ0v) is 12.9. The van der Waals surface area contributed by atoms with E-state index in [2.05, 4.69) is 20.6 Å². The summed E-state index contributed by atoms with van der Waals surface area (Å²) in [4.78, 5) is 19.7. The van der Waals surface area contributed by atoms with E-state index in [0.29, 0.717) is 13.1 Å². The first-order valence-corrected chi connectivity index (χ1v) is 7.52. The van der Waals surface area contributed by atoms with Crippen molar-refractivity contribution in [1.82, 2.24) is 9.97 Å². The number of nitrogens with zero attached hydrogens (tertiary/aromatic N) is 3. The molecule has 0 aliphatic heterocycles. The van der Waals surface area contributed by atoms with Crippen molar-refractivity contribution in [3.8, 4) is 0 Å². The SMILES string of the molecule is CCNc1ncnc(NCCc2ccc(Cl)s2)c1[N+](=O)[O-]. The summed E-state index contributed by atoms with van der Waals surface area (Å²) in [5.74, 6) is 0.438. The predicted octanol–water partition coefficient (Wildman–Crippen LogP) is 3.19. The second-order valence-electron chi connectivity index (χ2n) is 4.09. The Morgan fingerprint density at radius 2 is 2.05 bits per heavy atom. The summed E-state index contributed by atoms with van der Waals surface area (Å²) in [5, 5.41) is 17.0. The van der Waals surface area contributed by atoms with E-state index in [0.717, 1.165) is 15.6 Å². The summed E-state index contributed by atoms with van der Waals surface area (Å²) in [7, 11) is 0. The Labute approximate surface area is 130 Å². The second kappa shape index (κ2) is 7.19. The van der Waals surface area contributed by atoms with Crippen LogP contribution in [-0.2, 0) is 6.42 Å². The summed E-state index contributed by atoms with van der Waals surface area (Å²) in [6, 6.07) is 3.77. The van der Waals surface area contributed by atoms with Crippen molar-refractivity contribution < 1.29 is 4.92 Å². The Balaban J connectivity index is 2.08. The van der Waals surface area contributed by atoms with E-state index in [1.54, 1.807) is 0 Å². The van der Waals surface area contributed by atoms with Crippen LogP contribution in [0.4, 0.5) is 17.3 Å². The maximum atomic E-state index is 11.2. The van der Waals surface area contributed by atoms with Gasteiger partial charge < -0.3 is 10.6 Å². The van der Waals surface area contributed by atoms with Gasteiger partial charge in [0, 0.05) is 18.0 Å². The smallest absolute Gasteiger partial charge is 0.353 e. The molecule has 2 N–H and O–H groups in total. The molecule has 0 fully saturated rings. The van der Waals surface area contributed by atoms with Gasteiger partial charge >= 0.3 is 5.69 Å². The zero-order chi connectivity index (χ0) is 15.2. The molecule has 7 nitrogen and oxygen atoms in total. The quantitative estimate of drug-likeness (QED) is 0.599. The van der Waals surface area contributed by atoms with E-state index < -0.39 is 4.92 Å². The van der Waals surface area contributed by atoms with Gasteiger partial charge in [-0.25, -0.2) is 9.97 Å². The highest BCUT2D eigenvalue weighted by Gasteiger charge is 2.22. The maximum Gasteiger partial charge on any atom is 0.353 e. The number of halogens is 1. The lowest BCUT2D eigenvalue weighted by molar-refractivity contribution is -0.383. The van der Waals surface area contributed by atoms with Gasteiger partial charge in [0.05, 0.1) is 9.26 Å². The van der Waals surface area contributed by atoms with Crippen molar-refractivity contribution in [1.29, 1.82) is 0 Å². The number of aromatic nitrogens is 2. The maximum absolute atomic E-state index is 11.2. The van der Waals surface area contributed by atoms with Gasteiger partial charge in [-0.15, -0.1) is 11.3 Å². The molecule has 2 heterocycles. The summed E-state index contributed by atoms with van der Waals surface area (Å²) < 4.78 is 0.729. The fraction of sp³-hybridized carbons (Fsp3) is 0.333. The molecule has 2 aromatic rings. The minimum Gasteiger partial charge on any atom is -0.364 e. The van der Waals surface area contributed by atoms with Crippen molar-refractivity contribution in [2.75, 3.05) is 23.7 Å². The third kappa shape index (κ3) is 4.02. The summed E-state index contributed by atoms with van der Waals surface area (Å²) in [6.07, 6.45) is 2.02. The third-order valence-corrected chi connectivity index (χ3v) is 3.93. The van der Waals surface area contributed by atoms with Crippen molar-refractivity contribution in [3.05, 3.63) is 37.8 Å². The lowest BCUT2D eigenvalue weighted by Crippen LogP contribution is -2.11. The van der Waals surface area contributed by atoms with Gasteiger partial charge in [-0.3, -0.25) is 10.1 Å². The molecule has 112 valence electrons. The minimum atomic E-state index is -0.484. The lowest BCUT2D eigenvalue weighted by atomic mass is 10.3. The highest BCUT2D eigenvalue weighted by atomic mass is 35.5. The van der Waals surface area contributed by atoms with Crippen molar-refractivity contribution in [3.63, 3.8) is 0 Å². The second-order valence-corrected chi connectivity index (χ2v) is 5.89. The van der Waals surface area contributed by atoms with E-state index >= 15 is 0 Å². The molecule has 0 atom stereocenters. The summed E-state index contributed by atoms with van der Waals surface area (Å²) in [6.45, 7) is 2.92. The average Bonchev–Trinajstić information content (AvgIpc) is 2.85. The average molecular weight is 328 g/mol. The molecular weight excluding hydrogens is 314 g/mol. The van der Waals surface area contributed by atoms with Gasteiger partial charge in [0.15, 0.2) is 0 Å². The standard InChI is InChI=1S/C12H14ClN5O2S/c1-2-14-11-10(18(19)20)12(17-7-16-11)15-6-5-8-3-4-9(13)21-8/h3-4,7H,2,5-6H2,1H3,(H2,14,15,16,17). The normalized spacial score (nSPS) is 10.4. The lowest BCUT2D eigenvalue weighted by Gasteiger charge is -2.08. The number of rotatable bonds is 7. The third-order valence-electron chi connectivity index (χ3n) is 2.64. The Morgan fingerprint density at radius 1 is 1.33 bits per heavy atom. The molecule has 21 heavy (non-hydrogen) atoms. The van der Waals surface area contributed by atoms with E-state index in [9.17, 15) is 10.1 Å². The van der Waals surface area contributed by atoms with Gasteiger partial charge in [-0.1, -0.05) is 11.6 Å². The fourth-order valence-corrected chi connectivity index (χ4v) is 2.86. The molecule has 0 aliphatic carbocycles. The molecule has 0 spiro atoms. The molecule has 0 unspecified atom stereocenters. The topological polar surface area (TPSA) is 93.0 Å². The molecule has 0 radical (unpaired) electrons. The van der Waals surface area contributed by atoms with Crippen LogP contribution in [0.25, 0.3) is 0 Å². The number of hydrogen-bond donors (Lipinski definition) is 2. The molecule has 0 aromatic carbocycles. The Kier molecular flexibility index (Phi) is 5.29. The number of nitro groups is 1. The zero-order valence-electron chi connectivity index (χ0n) is 11.3. The highest BCUT2D eigenvalue weighted by Crippen LogP contribution is 2.28. The monoisotopic (exact) mass is 327 g/mol. The van der Waals surface area contributed by atoms with Gasteiger partial charge in [0.25, 0.3) is 0 Å². The Hall–Kier alpha value is -1.93. The molecule has 0 amide bonds. The number of nitrogens with one attached hydrogen (secondary N) is 2. The van der Waals surface area contributed by atoms with Gasteiger partial charge in [0.1, 0.15) is 6.33 Å². The first-order chi connectivity index (χ1) is 10.1. The number of thiophene rings is 1. The van der Waals surface area contributed by atoms with E-state index in [-0.39, 0.29) is 17.3 Å². The van der Waals surface area contributed by atoms with Gasteiger partial charge in [-0.2, -0.15) is 0 Å². The molecular formula is C12H14ClN5O2S. The van der Waals surface area contributed by atoms with Crippen LogP contribution in [0.5, 0.6) is 0 Å². The van der Waals surface area contributed by atoms with E-state index in [4.69, 9.17) is 11.6 Å². The molecule has 2 aromatic heterocycles. The van der Waals surface area contributed by atoms with Crippen LogP contribution >= 0.6 is 22.9 Å². The molecule has 0 saturated heterocycles. The van der Waals surface area contributed by atoms with Crippen molar-refractivity contribution in [2.45, 2.75) is 13.3 Å². The van der Waals surface area contributed by atoms with Crippen LogP contribution in [0.15, 0.2) is 18.5 Å². The van der Waals surface area contributed by atoms with E-state index in [1.165, 1.54) is 17.7 Å². The Morgan fingerprint density at radius 3 is 2.62 bits per heavy atom. The largest absolute Gasteiger partial charge is 0.364 e. The van der Waals surface area contributed by atoms with E-state index in [1.807, 2.05) is 19.1 Å². The predicted molar refractivity (Wildman–Crippen MR) is 84.4 cm³/mol. The van der Waals surface area contributed by atoms with Crippen LogP contribution in [0.2, 0.25) is 4.34 Å². The Bertz CT molecular complexity index is 634. The molecule has 2 rings (SSSR count). The number of anilines is 2. The summed E-state index contributed by atoms with van der Waals surface area (Å²) >= 11 is 7.35. The first-order valence-electron chi connectivity index (χ1n) is 6.33. The molecule has 9 heteroatoms. The highest BCUT2D eigenvalue weighted by molar-refractivity contribution is 7.16. The number of hydrogen-bond acceptors (Lipinski definition) is 7. The fourth-order valence-electron chi connectivity index (χ4n) is 1.77. The van der Waals surface area contributed by atoms with Gasteiger partial charge in [0.2, 0.25) is 11.6 Å². The molecule has 0 bridgehead atoms. The van der Waals surface area contributed by atoms with Gasteiger partial charge in [-0.05, 0) is 25.5 Å². The van der Waals surface area contributed by atoms with Crippen LogP contribution in [0.3, 0.4) is 0 Å². The van der Waals surface area contributed by atoms with Crippen molar-refractivity contribution in [2.24, 2.45) is 0 Å². The van der Waals surface area contributed by atoms with Crippen LogP contribution in [-0.4, -0.2) is 28.0 Å².